The van der Waals surface area contributed by atoms with Gasteiger partial charge in [-0.1, -0.05) is 35.7 Å². The van der Waals surface area contributed by atoms with Crippen molar-refractivity contribution in [1.29, 1.82) is 0 Å². The molecule has 0 aliphatic heterocycles. The lowest BCUT2D eigenvalue weighted by Crippen LogP contribution is -2.40. The molecule has 1 N–H and O–H groups in total. The smallest absolute Gasteiger partial charge is 0.0575 e. The molecule has 0 unspecified atom stereocenters. The molecule has 1 aliphatic carbocycles. The van der Waals surface area contributed by atoms with Gasteiger partial charge < -0.3 is 5.32 Å². The van der Waals surface area contributed by atoms with Gasteiger partial charge in [0.1, 0.15) is 0 Å². The van der Waals surface area contributed by atoms with Crippen LogP contribution in [-0.2, 0) is 0 Å². The van der Waals surface area contributed by atoms with Gasteiger partial charge in [0, 0.05) is 6.04 Å². The number of hydrogen-bond donors (Lipinski definition) is 1. The van der Waals surface area contributed by atoms with E-state index in [1.165, 1.54) is 24.0 Å². The zero-order valence-corrected chi connectivity index (χ0v) is 9.16. The van der Waals surface area contributed by atoms with E-state index in [1.54, 1.807) is 0 Å². The Bertz CT molecular complexity index is 369. The Morgan fingerprint density at radius 3 is 2.93 bits per heavy atom. The molecule has 0 radical (unpaired) electrons. The summed E-state index contributed by atoms with van der Waals surface area (Å²) < 4.78 is 0. The minimum atomic E-state index is 0.631. The summed E-state index contributed by atoms with van der Waals surface area (Å²) in [5.41, 5.74) is 2.83. The summed E-state index contributed by atoms with van der Waals surface area (Å²) in [6.45, 7) is 2.85. The number of benzene rings is 1. The van der Waals surface area contributed by atoms with Gasteiger partial charge >= 0.3 is 0 Å². The number of nitrogens with one attached hydrogen (secondary N) is 1. The van der Waals surface area contributed by atoms with Crippen molar-refractivity contribution in [1.82, 2.24) is 5.32 Å². The van der Waals surface area contributed by atoms with Crippen molar-refractivity contribution in [2.75, 3.05) is 6.54 Å². The van der Waals surface area contributed by atoms with E-state index in [0.29, 0.717) is 12.6 Å². The molecule has 1 heteroatoms. The van der Waals surface area contributed by atoms with Crippen molar-refractivity contribution < 1.29 is 0 Å². The molecule has 1 fully saturated rings. The van der Waals surface area contributed by atoms with Gasteiger partial charge in [0.2, 0.25) is 0 Å². The average Bonchev–Trinajstić information content (AvgIpc) is 2.16. The highest BCUT2D eigenvalue weighted by molar-refractivity contribution is 5.27. The molecule has 0 heterocycles. The average molecular weight is 199 g/mol. The molecule has 0 aromatic heterocycles. The molecule has 0 bridgehead atoms. The number of rotatable bonds is 3. The molecule has 2 rings (SSSR count). The normalized spacial score (nSPS) is 24.3. The van der Waals surface area contributed by atoms with E-state index < -0.39 is 0 Å². The maximum atomic E-state index is 5.21. The molecule has 1 aromatic rings. The summed E-state index contributed by atoms with van der Waals surface area (Å²) in [6.07, 6.45) is 7.66. The van der Waals surface area contributed by atoms with Crippen LogP contribution in [0.4, 0.5) is 0 Å². The monoisotopic (exact) mass is 199 g/mol. The van der Waals surface area contributed by atoms with Crippen molar-refractivity contribution in [2.24, 2.45) is 0 Å². The fourth-order valence-corrected chi connectivity index (χ4v) is 2.18. The summed E-state index contributed by atoms with van der Waals surface area (Å²) in [4.78, 5) is 0. The van der Waals surface area contributed by atoms with E-state index in [-0.39, 0.29) is 0 Å². The molecule has 1 saturated carbocycles. The summed E-state index contributed by atoms with van der Waals surface area (Å²) in [5, 5.41) is 3.35. The molecular formula is C14H17N. The third-order valence-corrected chi connectivity index (χ3v) is 3.14. The summed E-state index contributed by atoms with van der Waals surface area (Å²) in [6, 6.07) is 9.45. The van der Waals surface area contributed by atoms with Gasteiger partial charge in [-0.15, -0.1) is 6.42 Å². The topological polar surface area (TPSA) is 12.0 Å². The zero-order chi connectivity index (χ0) is 10.7. The molecule has 0 saturated heterocycles. The Balaban J connectivity index is 1.87. The van der Waals surface area contributed by atoms with Crippen LogP contribution in [0.3, 0.4) is 0 Å². The molecule has 0 amide bonds. The minimum Gasteiger partial charge on any atom is -0.303 e. The van der Waals surface area contributed by atoms with E-state index in [2.05, 4.69) is 42.4 Å². The van der Waals surface area contributed by atoms with Gasteiger partial charge in [-0.05, 0) is 31.2 Å². The Morgan fingerprint density at radius 1 is 1.47 bits per heavy atom. The Kier molecular flexibility index (Phi) is 3.08. The maximum Gasteiger partial charge on any atom is 0.0575 e. The first-order chi connectivity index (χ1) is 7.29. The first-order valence-electron chi connectivity index (χ1n) is 5.53. The quantitative estimate of drug-likeness (QED) is 0.737. The van der Waals surface area contributed by atoms with Crippen LogP contribution in [0.25, 0.3) is 0 Å². The Morgan fingerprint density at radius 2 is 2.27 bits per heavy atom. The lowest BCUT2D eigenvalue weighted by molar-refractivity contribution is 0.301. The van der Waals surface area contributed by atoms with E-state index >= 15 is 0 Å². The molecule has 1 aliphatic rings. The second-order valence-electron chi connectivity index (χ2n) is 4.36. The van der Waals surface area contributed by atoms with E-state index in [4.69, 9.17) is 6.42 Å². The highest BCUT2D eigenvalue weighted by Gasteiger charge is 2.29. The van der Waals surface area contributed by atoms with Gasteiger partial charge in [0.25, 0.3) is 0 Å². The van der Waals surface area contributed by atoms with Crippen molar-refractivity contribution in [2.45, 2.75) is 31.7 Å². The van der Waals surface area contributed by atoms with Crippen LogP contribution in [-0.4, -0.2) is 12.6 Å². The van der Waals surface area contributed by atoms with Crippen LogP contribution in [0.1, 0.15) is 29.9 Å². The molecule has 15 heavy (non-hydrogen) atoms. The van der Waals surface area contributed by atoms with E-state index in [1.807, 2.05) is 0 Å². The van der Waals surface area contributed by atoms with Gasteiger partial charge in [0.05, 0.1) is 6.54 Å². The van der Waals surface area contributed by atoms with Crippen molar-refractivity contribution in [3.63, 3.8) is 0 Å². The molecular weight excluding hydrogens is 182 g/mol. The molecule has 78 valence electrons. The van der Waals surface area contributed by atoms with E-state index in [9.17, 15) is 0 Å². The Hall–Kier alpha value is -1.26. The van der Waals surface area contributed by atoms with Crippen LogP contribution >= 0.6 is 0 Å². The van der Waals surface area contributed by atoms with Crippen molar-refractivity contribution in [3.8, 4) is 12.3 Å². The van der Waals surface area contributed by atoms with Gasteiger partial charge in [-0.3, -0.25) is 0 Å². The Labute approximate surface area is 91.9 Å². The van der Waals surface area contributed by atoms with Crippen molar-refractivity contribution in [3.05, 3.63) is 35.4 Å². The summed E-state index contributed by atoms with van der Waals surface area (Å²) >= 11 is 0. The van der Waals surface area contributed by atoms with Crippen LogP contribution < -0.4 is 5.32 Å². The fraction of sp³-hybridized carbons (Fsp3) is 0.429. The van der Waals surface area contributed by atoms with Crippen LogP contribution in [0.5, 0.6) is 0 Å². The number of hydrogen-bond acceptors (Lipinski definition) is 1. The molecule has 1 nitrogen and oxygen atoms in total. The SMILES string of the molecule is C#CCNC1CC(c2cccc(C)c2)C1. The number of aryl methyl sites for hydroxylation is 1. The van der Waals surface area contributed by atoms with Gasteiger partial charge in [-0.2, -0.15) is 0 Å². The third-order valence-electron chi connectivity index (χ3n) is 3.14. The standard InChI is InChI=1S/C14H17N/c1-3-7-15-14-9-13(10-14)12-6-4-5-11(2)8-12/h1,4-6,8,13-15H,7,9-10H2,2H3. The molecule has 1 aromatic carbocycles. The predicted octanol–water partition coefficient (Wildman–Crippen LogP) is 2.46. The summed E-state index contributed by atoms with van der Waals surface area (Å²) in [5.74, 6) is 3.36. The van der Waals surface area contributed by atoms with Crippen molar-refractivity contribution >= 4 is 0 Å². The molecule has 0 spiro atoms. The minimum absolute atomic E-state index is 0.631. The summed E-state index contributed by atoms with van der Waals surface area (Å²) in [7, 11) is 0. The highest BCUT2D eigenvalue weighted by atomic mass is 14.9. The van der Waals surface area contributed by atoms with E-state index in [0.717, 1.165) is 5.92 Å². The largest absolute Gasteiger partial charge is 0.303 e. The highest BCUT2D eigenvalue weighted by Crippen LogP contribution is 2.36. The third kappa shape index (κ3) is 2.40. The lowest BCUT2D eigenvalue weighted by atomic mass is 9.75. The lowest BCUT2D eigenvalue weighted by Gasteiger charge is -2.36. The van der Waals surface area contributed by atoms with Crippen LogP contribution in [0.2, 0.25) is 0 Å². The first-order valence-corrected chi connectivity index (χ1v) is 5.53. The zero-order valence-electron chi connectivity index (χ0n) is 9.16. The fourth-order valence-electron chi connectivity index (χ4n) is 2.18. The van der Waals surface area contributed by atoms with Gasteiger partial charge in [0.15, 0.2) is 0 Å². The predicted molar refractivity (Wildman–Crippen MR) is 63.8 cm³/mol. The second-order valence-corrected chi connectivity index (χ2v) is 4.36. The molecule has 0 atom stereocenters. The second kappa shape index (κ2) is 4.51. The first kappa shape index (κ1) is 10.3. The number of terminal acetylenes is 1. The maximum absolute atomic E-state index is 5.21. The van der Waals surface area contributed by atoms with Crippen LogP contribution in [0.15, 0.2) is 24.3 Å². The van der Waals surface area contributed by atoms with Crippen LogP contribution in [0, 0.1) is 19.3 Å². The van der Waals surface area contributed by atoms with Gasteiger partial charge in [-0.25, -0.2) is 0 Å².